The van der Waals surface area contributed by atoms with E-state index < -0.39 is 28.4 Å². The Hall–Kier alpha value is -2.42. The number of amides is 1. The monoisotopic (exact) mass is 264 g/mol. The number of rotatable bonds is 5. The molecule has 1 atom stereocenters. The average molecular weight is 264 g/mol. The summed E-state index contributed by atoms with van der Waals surface area (Å²) in [5.41, 5.74) is -0.668. The lowest BCUT2D eigenvalue weighted by molar-refractivity contribution is -0.385. The first kappa shape index (κ1) is 14.6. The molecule has 1 N–H and O–H groups in total. The molecule has 0 saturated carbocycles. The van der Waals surface area contributed by atoms with E-state index in [0.29, 0.717) is 12.5 Å². The molecule has 0 aromatic heterocycles. The maximum Gasteiger partial charge on any atom is 0.272 e. The lowest BCUT2D eigenvalue weighted by Gasteiger charge is -2.12. The number of terminal acetylenes is 1. The van der Waals surface area contributed by atoms with Crippen LogP contribution in [-0.4, -0.2) is 16.9 Å². The van der Waals surface area contributed by atoms with Gasteiger partial charge in [0.15, 0.2) is 0 Å². The predicted octanol–water partition coefficient (Wildman–Crippen LogP) is 2.27. The van der Waals surface area contributed by atoms with Gasteiger partial charge >= 0.3 is 0 Å². The van der Waals surface area contributed by atoms with Gasteiger partial charge in [0.25, 0.3) is 11.6 Å². The molecule has 5 nitrogen and oxygen atoms in total. The van der Waals surface area contributed by atoms with Crippen molar-refractivity contribution < 1.29 is 14.1 Å². The number of carbonyl (C=O) groups is 1. The molecule has 1 aromatic rings. The van der Waals surface area contributed by atoms with E-state index in [-0.39, 0.29) is 5.56 Å². The second kappa shape index (κ2) is 6.50. The summed E-state index contributed by atoms with van der Waals surface area (Å²) in [5, 5.41) is 12.9. The molecule has 100 valence electrons. The van der Waals surface area contributed by atoms with Gasteiger partial charge in [0.2, 0.25) is 0 Å². The molecule has 0 aliphatic heterocycles. The largest absolute Gasteiger partial charge is 0.338 e. The van der Waals surface area contributed by atoms with Crippen LogP contribution in [0.2, 0.25) is 0 Å². The van der Waals surface area contributed by atoms with Gasteiger partial charge in [-0.2, -0.15) is 0 Å². The number of benzene rings is 1. The van der Waals surface area contributed by atoms with Crippen LogP contribution in [0.15, 0.2) is 18.2 Å². The van der Waals surface area contributed by atoms with Crippen LogP contribution in [-0.2, 0) is 0 Å². The van der Waals surface area contributed by atoms with Crippen LogP contribution in [0.5, 0.6) is 0 Å². The molecule has 0 bridgehead atoms. The average Bonchev–Trinajstić information content (AvgIpc) is 2.37. The van der Waals surface area contributed by atoms with E-state index in [0.717, 1.165) is 18.6 Å². The maximum absolute atomic E-state index is 13.6. The summed E-state index contributed by atoms with van der Waals surface area (Å²) in [6, 6.07) is 2.37. The van der Waals surface area contributed by atoms with Crippen molar-refractivity contribution in [2.45, 2.75) is 25.8 Å². The molecule has 0 aliphatic rings. The minimum Gasteiger partial charge on any atom is -0.338 e. The smallest absolute Gasteiger partial charge is 0.272 e. The van der Waals surface area contributed by atoms with Crippen molar-refractivity contribution >= 4 is 11.6 Å². The van der Waals surface area contributed by atoms with Crippen molar-refractivity contribution in [1.82, 2.24) is 5.32 Å². The molecular weight excluding hydrogens is 251 g/mol. The minimum atomic E-state index is -0.945. The van der Waals surface area contributed by atoms with Crippen molar-refractivity contribution in [3.8, 4) is 12.3 Å². The van der Waals surface area contributed by atoms with Gasteiger partial charge in [-0.3, -0.25) is 14.9 Å². The van der Waals surface area contributed by atoms with E-state index in [1.54, 1.807) is 0 Å². The number of nitrogens with zero attached hydrogens (tertiary/aromatic N) is 1. The Bertz CT molecular complexity index is 537. The number of hydrogen-bond acceptors (Lipinski definition) is 3. The first-order valence-corrected chi connectivity index (χ1v) is 5.70. The number of nitro groups is 1. The van der Waals surface area contributed by atoms with Crippen LogP contribution in [0.25, 0.3) is 0 Å². The Morgan fingerprint density at radius 2 is 2.32 bits per heavy atom. The number of nitrogens with one attached hydrogen (secondary N) is 1. The Kier molecular flexibility index (Phi) is 5.01. The molecule has 0 spiro atoms. The van der Waals surface area contributed by atoms with E-state index >= 15 is 0 Å². The molecule has 0 heterocycles. The van der Waals surface area contributed by atoms with Crippen molar-refractivity contribution in [1.29, 1.82) is 0 Å². The Balaban J connectivity index is 2.89. The van der Waals surface area contributed by atoms with Crippen molar-refractivity contribution in [3.05, 3.63) is 39.7 Å². The van der Waals surface area contributed by atoms with E-state index in [9.17, 15) is 19.3 Å². The number of nitro benzene ring substituents is 1. The van der Waals surface area contributed by atoms with Gasteiger partial charge in [0, 0.05) is 6.07 Å². The lowest BCUT2D eigenvalue weighted by Crippen LogP contribution is -2.34. The Morgan fingerprint density at radius 1 is 1.63 bits per heavy atom. The third-order valence-electron chi connectivity index (χ3n) is 2.49. The maximum atomic E-state index is 13.6. The SMILES string of the molecule is C#CC(CCC)NC(=O)c1ccc([N+](=O)[O-])cc1F. The zero-order chi connectivity index (χ0) is 14.4. The van der Waals surface area contributed by atoms with Gasteiger partial charge in [-0.25, -0.2) is 4.39 Å². The predicted molar refractivity (Wildman–Crippen MR) is 68.0 cm³/mol. The van der Waals surface area contributed by atoms with Crippen LogP contribution in [0, 0.1) is 28.3 Å². The van der Waals surface area contributed by atoms with Gasteiger partial charge in [0.1, 0.15) is 5.82 Å². The third kappa shape index (κ3) is 3.78. The molecule has 0 radical (unpaired) electrons. The highest BCUT2D eigenvalue weighted by molar-refractivity contribution is 5.95. The fourth-order valence-corrected chi connectivity index (χ4v) is 1.52. The summed E-state index contributed by atoms with van der Waals surface area (Å²) < 4.78 is 13.6. The Morgan fingerprint density at radius 3 is 2.79 bits per heavy atom. The molecule has 0 saturated heterocycles. The highest BCUT2D eigenvalue weighted by Crippen LogP contribution is 2.16. The molecule has 6 heteroatoms. The molecule has 1 aromatic carbocycles. The van der Waals surface area contributed by atoms with E-state index in [2.05, 4.69) is 11.2 Å². The molecule has 19 heavy (non-hydrogen) atoms. The van der Waals surface area contributed by atoms with Crippen LogP contribution < -0.4 is 5.32 Å². The van der Waals surface area contributed by atoms with Gasteiger partial charge in [-0.05, 0) is 12.5 Å². The van der Waals surface area contributed by atoms with Crippen LogP contribution >= 0.6 is 0 Å². The second-order valence-electron chi connectivity index (χ2n) is 3.90. The van der Waals surface area contributed by atoms with Crippen LogP contribution in [0.4, 0.5) is 10.1 Å². The fraction of sp³-hybridized carbons (Fsp3) is 0.308. The minimum absolute atomic E-state index is 0.262. The van der Waals surface area contributed by atoms with E-state index in [1.807, 2.05) is 6.92 Å². The fourth-order valence-electron chi connectivity index (χ4n) is 1.52. The van der Waals surface area contributed by atoms with E-state index in [1.165, 1.54) is 0 Å². The summed E-state index contributed by atoms with van der Waals surface area (Å²) in [5.74, 6) is 0.768. The highest BCUT2D eigenvalue weighted by Gasteiger charge is 2.17. The first-order valence-electron chi connectivity index (χ1n) is 5.70. The molecule has 1 amide bonds. The Labute approximate surface area is 110 Å². The third-order valence-corrected chi connectivity index (χ3v) is 2.49. The zero-order valence-electron chi connectivity index (χ0n) is 10.4. The number of carbonyl (C=O) groups excluding carboxylic acids is 1. The van der Waals surface area contributed by atoms with Crippen molar-refractivity contribution in [3.63, 3.8) is 0 Å². The normalized spacial score (nSPS) is 11.4. The quantitative estimate of drug-likeness (QED) is 0.503. The first-order chi connectivity index (χ1) is 8.99. The number of hydrogen-bond donors (Lipinski definition) is 1. The van der Waals surface area contributed by atoms with Crippen molar-refractivity contribution in [2.75, 3.05) is 0 Å². The summed E-state index contributed by atoms with van der Waals surface area (Å²) >= 11 is 0. The molecule has 0 aliphatic carbocycles. The highest BCUT2D eigenvalue weighted by atomic mass is 19.1. The van der Waals surface area contributed by atoms with E-state index in [4.69, 9.17) is 6.42 Å². The molecule has 0 fully saturated rings. The summed E-state index contributed by atoms with van der Waals surface area (Å²) in [6.45, 7) is 1.91. The number of non-ortho nitro benzene ring substituents is 1. The van der Waals surface area contributed by atoms with Crippen LogP contribution in [0.3, 0.4) is 0 Å². The van der Waals surface area contributed by atoms with Crippen LogP contribution in [0.1, 0.15) is 30.1 Å². The zero-order valence-corrected chi connectivity index (χ0v) is 10.4. The summed E-state index contributed by atoms with van der Waals surface area (Å²) in [6.07, 6.45) is 6.60. The lowest BCUT2D eigenvalue weighted by atomic mass is 10.1. The molecule has 1 rings (SSSR count). The second-order valence-corrected chi connectivity index (χ2v) is 3.90. The van der Waals surface area contributed by atoms with Gasteiger partial charge in [-0.15, -0.1) is 6.42 Å². The standard InChI is InChI=1S/C13H13FN2O3/c1-3-5-9(4-2)15-13(17)11-7-6-10(16(18)19)8-12(11)14/h2,6-9H,3,5H2,1H3,(H,15,17). The van der Waals surface area contributed by atoms with Gasteiger partial charge in [0.05, 0.1) is 22.6 Å². The number of halogens is 1. The van der Waals surface area contributed by atoms with Gasteiger partial charge < -0.3 is 5.32 Å². The van der Waals surface area contributed by atoms with Crippen molar-refractivity contribution in [2.24, 2.45) is 0 Å². The van der Waals surface area contributed by atoms with Gasteiger partial charge in [-0.1, -0.05) is 19.3 Å². The summed E-state index contributed by atoms with van der Waals surface area (Å²) in [4.78, 5) is 21.5. The topological polar surface area (TPSA) is 72.2 Å². The molecule has 1 unspecified atom stereocenters. The molecular formula is C13H13FN2O3. The summed E-state index contributed by atoms with van der Waals surface area (Å²) in [7, 11) is 0.